The molecule has 6 nitrogen and oxygen atoms in total. The number of hydrogen-bond acceptors (Lipinski definition) is 4. The molecule has 1 aromatic rings. The molecule has 1 aliphatic rings. The Labute approximate surface area is 134 Å². The largest absolute Gasteiger partial charge is 0.628 e. The lowest BCUT2D eigenvalue weighted by Crippen LogP contribution is -2.96. The molecule has 0 spiro atoms. The summed E-state index contributed by atoms with van der Waals surface area (Å²) in [6.07, 6.45) is -5.01. The lowest BCUT2D eigenvalue weighted by atomic mass is 10.1. The quantitative estimate of drug-likeness (QED) is 0.840. The van der Waals surface area contributed by atoms with Crippen LogP contribution in [0.3, 0.4) is 0 Å². The molecule has 128 valence electrons. The second kappa shape index (κ2) is 6.91. The first kappa shape index (κ1) is 17.8. The van der Waals surface area contributed by atoms with Crippen molar-refractivity contribution in [1.82, 2.24) is 4.90 Å². The van der Waals surface area contributed by atoms with Gasteiger partial charge < -0.3 is 25.3 Å². The Hall–Kier alpha value is -1.55. The van der Waals surface area contributed by atoms with E-state index in [9.17, 15) is 28.4 Å². The second-order valence-corrected chi connectivity index (χ2v) is 5.50. The molecule has 23 heavy (non-hydrogen) atoms. The van der Waals surface area contributed by atoms with Crippen LogP contribution in [0.25, 0.3) is 0 Å². The van der Waals surface area contributed by atoms with Crippen LogP contribution >= 0.6 is 11.6 Å². The third-order valence-electron chi connectivity index (χ3n) is 3.37. The van der Waals surface area contributed by atoms with Crippen LogP contribution in [-0.4, -0.2) is 36.2 Å². The van der Waals surface area contributed by atoms with E-state index in [1.54, 1.807) is 0 Å². The first-order chi connectivity index (χ1) is 10.7. The number of piperidine rings is 1. The van der Waals surface area contributed by atoms with Gasteiger partial charge in [-0.05, 0) is 18.9 Å². The molecule has 0 bridgehead atoms. The van der Waals surface area contributed by atoms with Gasteiger partial charge in [0, 0.05) is 23.7 Å². The number of nitrogens with one attached hydrogen (secondary N) is 1. The fraction of sp³-hybridized carbons (Fsp3) is 0.462. The van der Waals surface area contributed by atoms with Crippen LogP contribution in [-0.2, 0) is 4.79 Å². The van der Waals surface area contributed by atoms with Crippen molar-refractivity contribution < 1.29 is 27.9 Å². The maximum atomic E-state index is 12.5. The molecule has 1 saturated heterocycles. The zero-order valence-electron chi connectivity index (χ0n) is 11.7. The van der Waals surface area contributed by atoms with Crippen molar-refractivity contribution >= 4 is 23.2 Å². The van der Waals surface area contributed by atoms with Gasteiger partial charge in [-0.2, -0.15) is 13.2 Å². The zero-order chi connectivity index (χ0) is 17.2. The smallest absolute Gasteiger partial charge is 0.471 e. The molecule has 1 heterocycles. The van der Waals surface area contributed by atoms with Gasteiger partial charge in [0.2, 0.25) is 0 Å². The van der Waals surface area contributed by atoms with Gasteiger partial charge in [0.1, 0.15) is 6.10 Å². The predicted octanol–water partition coefficient (Wildman–Crippen LogP) is 1.78. The van der Waals surface area contributed by atoms with E-state index in [0.29, 0.717) is 17.7 Å². The van der Waals surface area contributed by atoms with Gasteiger partial charge in [0.25, 0.3) is 0 Å². The Bertz CT molecular complexity index is 583. The van der Waals surface area contributed by atoms with Crippen LogP contribution in [0.1, 0.15) is 12.8 Å². The number of carbonyl (C=O) groups is 1. The second-order valence-electron chi connectivity index (χ2n) is 5.06. The summed E-state index contributed by atoms with van der Waals surface area (Å²) in [6, 6.07) is 3.77. The normalized spacial score (nSPS) is 19.1. The van der Waals surface area contributed by atoms with E-state index in [2.05, 4.69) is 0 Å². The number of carbonyl (C=O) groups excluding carboxylic acids is 1. The summed E-state index contributed by atoms with van der Waals surface area (Å²) in [5, 5.41) is 20.8. The summed E-state index contributed by atoms with van der Waals surface area (Å²) in [7, 11) is 0. The number of hydrogen-bond donors (Lipinski definition) is 1. The zero-order valence-corrected chi connectivity index (χ0v) is 12.5. The lowest BCUT2D eigenvalue weighted by Gasteiger charge is -2.34. The molecule has 0 unspecified atom stereocenters. The Morgan fingerprint density at radius 1 is 1.39 bits per heavy atom. The highest BCUT2D eigenvalue weighted by molar-refractivity contribution is 6.30. The maximum absolute atomic E-state index is 12.5. The van der Waals surface area contributed by atoms with Crippen LogP contribution in [0.5, 0.6) is 5.75 Å². The lowest BCUT2D eigenvalue weighted by molar-refractivity contribution is -0.715. The van der Waals surface area contributed by atoms with Crippen molar-refractivity contribution in [2.24, 2.45) is 0 Å². The van der Waals surface area contributed by atoms with E-state index in [1.165, 1.54) is 18.2 Å². The SMILES string of the molecule is O=C(N1CCC[C@H](Oc2cc(Cl)ccc2[NH+]([O-])[O-])C1)C(F)(F)F. The first-order valence-electron chi connectivity index (χ1n) is 6.72. The van der Waals surface area contributed by atoms with Gasteiger partial charge in [-0.25, -0.2) is 0 Å². The number of quaternary nitrogens is 1. The summed E-state index contributed by atoms with van der Waals surface area (Å²) >= 11 is 5.77. The van der Waals surface area contributed by atoms with Crippen LogP contribution in [0, 0.1) is 10.4 Å². The van der Waals surface area contributed by atoms with Crippen molar-refractivity contribution in [1.29, 1.82) is 0 Å². The highest BCUT2D eigenvalue weighted by atomic mass is 35.5. The minimum atomic E-state index is -4.95. The summed E-state index contributed by atoms with van der Waals surface area (Å²) in [4.78, 5) is 11.9. The summed E-state index contributed by atoms with van der Waals surface area (Å²) in [6.45, 7) is -0.307. The van der Waals surface area contributed by atoms with Crippen molar-refractivity contribution in [3.63, 3.8) is 0 Å². The minimum Gasteiger partial charge on any atom is -0.628 e. The average molecular weight is 354 g/mol. The number of alkyl halides is 3. The Balaban J connectivity index is 2.12. The van der Waals surface area contributed by atoms with Gasteiger partial charge in [-0.15, -0.1) is 0 Å². The van der Waals surface area contributed by atoms with E-state index in [-0.39, 0.29) is 29.5 Å². The molecule has 1 amide bonds. The van der Waals surface area contributed by atoms with E-state index < -0.39 is 23.4 Å². The standard InChI is InChI=1S/C13H13ClF3N2O4/c14-8-3-4-10(19(21)22)11(6-8)23-9-2-1-5-18(7-9)12(20)13(15,16)17/h3-4,6,9,19H,1-2,5,7H2/q-1/t9-/m0/s1. The van der Waals surface area contributed by atoms with E-state index >= 15 is 0 Å². The summed E-state index contributed by atoms with van der Waals surface area (Å²) in [5.74, 6) is -2.03. The number of ether oxygens (including phenoxy) is 1. The van der Waals surface area contributed by atoms with Crippen LogP contribution in [0.2, 0.25) is 5.02 Å². The predicted molar refractivity (Wildman–Crippen MR) is 75.1 cm³/mol. The van der Waals surface area contributed by atoms with Gasteiger partial charge >= 0.3 is 12.1 Å². The van der Waals surface area contributed by atoms with Gasteiger partial charge in [-0.1, -0.05) is 11.6 Å². The minimum absolute atomic E-state index is 0.0267. The molecule has 1 aliphatic heterocycles. The Morgan fingerprint density at radius 3 is 2.70 bits per heavy atom. The Kier molecular flexibility index (Phi) is 5.35. The topological polar surface area (TPSA) is 80.1 Å². The molecule has 2 rings (SSSR count). The van der Waals surface area contributed by atoms with E-state index in [0.717, 1.165) is 0 Å². The van der Waals surface area contributed by atoms with Crippen LogP contribution in [0.4, 0.5) is 18.9 Å². The fourth-order valence-corrected chi connectivity index (χ4v) is 2.50. The molecule has 1 atom stereocenters. The number of nitrogens with zero attached hydrogens (tertiary/aromatic N) is 1. The molecule has 0 saturated carbocycles. The molecular weight excluding hydrogens is 341 g/mol. The molecule has 1 aromatic carbocycles. The van der Waals surface area contributed by atoms with Crippen LogP contribution in [0.15, 0.2) is 18.2 Å². The molecule has 1 fully saturated rings. The molecule has 10 heteroatoms. The first-order valence-corrected chi connectivity index (χ1v) is 7.10. The number of rotatable bonds is 3. The van der Waals surface area contributed by atoms with Crippen molar-refractivity contribution in [3.8, 4) is 5.75 Å². The molecule has 1 N–H and O–H groups in total. The summed E-state index contributed by atoms with van der Waals surface area (Å²) in [5.41, 5.74) is -0.256. The van der Waals surface area contributed by atoms with E-state index in [4.69, 9.17) is 16.3 Å². The molecular formula is C13H13ClF3N2O4-. The summed E-state index contributed by atoms with van der Waals surface area (Å²) < 4.78 is 42.9. The van der Waals surface area contributed by atoms with Gasteiger partial charge in [0.15, 0.2) is 11.4 Å². The van der Waals surface area contributed by atoms with E-state index in [1.807, 2.05) is 0 Å². The average Bonchev–Trinajstić information content (AvgIpc) is 2.45. The molecule has 0 aromatic heterocycles. The van der Waals surface area contributed by atoms with Crippen molar-refractivity contribution in [2.75, 3.05) is 13.1 Å². The molecule has 0 aliphatic carbocycles. The monoisotopic (exact) mass is 353 g/mol. The number of benzene rings is 1. The Morgan fingerprint density at radius 2 is 2.09 bits per heavy atom. The van der Waals surface area contributed by atoms with Gasteiger partial charge in [-0.3, -0.25) is 4.79 Å². The van der Waals surface area contributed by atoms with Crippen molar-refractivity contribution in [2.45, 2.75) is 25.1 Å². The highest BCUT2D eigenvalue weighted by Crippen LogP contribution is 2.29. The number of amides is 1. The highest BCUT2D eigenvalue weighted by Gasteiger charge is 2.43. The maximum Gasteiger partial charge on any atom is 0.471 e. The molecule has 0 radical (unpaired) electrons. The number of halogens is 4. The number of likely N-dealkylation sites (tertiary alicyclic amines) is 1. The fourth-order valence-electron chi connectivity index (χ4n) is 2.34. The third-order valence-corrected chi connectivity index (χ3v) is 3.60. The van der Waals surface area contributed by atoms with Crippen LogP contribution < -0.4 is 9.96 Å². The van der Waals surface area contributed by atoms with Gasteiger partial charge in [0.05, 0.1) is 6.54 Å². The van der Waals surface area contributed by atoms with Crippen molar-refractivity contribution in [3.05, 3.63) is 33.6 Å². The third kappa shape index (κ3) is 4.47.